The second kappa shape index (κ2) is 8.17. The van der Waals surface area contributed by atoms with Crippen LogP contribution in [0.1, 0.15) is 44.6 Å². The van der Waals surface area contributed by atoms with Gasteiger partial charge in [0, 0.05) is 70.2 Å². The quantitative estimate of drug-likeness (QED) is 0.793. The normalized spacial score (nSPS) is 24.3. The van der Waals surface area contributed by atoms with E-state index >= 15 is 0 Å². The van der Waals surface area contributed by atoms with E-state index in [2.05, 4.69) is 35.5 Å². The molecule has 5 heterocycles. The summed E-state index contributed by atoms with van der Waals surface area (Å²) in [5, 5.41) is 0. The number of imidazole rings is 1. The van der Waals surface area contributed by atoms with Crippen molar-refractivity contribution in [3.05, 3.63) is 24.8 Å². The fourth-order valence-corrected chi connectivity index (χ4v) is 4.80. The van der Waals surface area contributed by atoms with Crippen LogP contribution in [0.4, 0.5) is 5.95 Å². The Bertz CT molecular complexity index is 755. The zero-order chi connectivity index (χ0) is 18.8. The number of rotatable bonds is 5. The number of likely N-dealkylation sites (tertiary alicyclic amines) is 1. The standard InChI is InChI=1S/C21H30N6O/c1-2-9-26(8-1)21-23-14-17(15-24-21)20-22-7-12-27(20)18-5-10-25(11-6-18)16-19-4-3-13-28-19/h7,12,14-15,18-19H,1-6,8-11,13,16H2. The molecule has 2 aromatic heterocycles. The van der Waals surface area contributed by atoms with E-state index in [1.165, 1.54) is 25.7 Å². The Kier molecular flexibility index (Phi) is 5.27. The SMILES string of the molecule is c1cn(C2CCN(CC3CCCO3)CC2)c(-c2cnc(N3CCCC3)nc2)n1. The van der Waals surface area contributed by atoms with Crippen LogP contribution in [0.3, 0.4) is 0 Å². The maximum atomic E-state index is 5.80. The molecule has 0 amide bonds. The van der Waals surface area contributed by atoms with Crippen LogP contribution in [-0.2, 0) is 4.74 Å². The van der Waals surface area contributed by atoms with Gasteiger partial charge < -0.3 is 19.1 Å². The van der Waals surface area contributed by atoms with Crippen LogP contribution in [-0.4, -0.2) is 69.9 Å². The molecule has 3 fully saturated rings. The predicted molar refractivity (Wildman–Crippen MR) is 108 cm³/mol. The fraction of sp³-hybridized carbons (Fsp3) is 0.667. The van der Waals surface area contributed by atoms with Gasteiger partial charge in [-0.05, 0) is 38.5 Å². The summed E-state index contributed by atoms with van der Waals surface area (Å²) >= 11 is 0. The minimum absolute atomic E-state index is 0.451. The highest BCUT2D eigenvalue weighted by Gasteiger charge is 2.26. The molecule has 28 heavy (non-hydrogen) atoms. The summed E-state index contributed by atoms with van der Waals surface area (Å²) in [6.07, 6.45) is 15.6. The molecule has 0 bridgehead atoms. The third kappa shape index (κ3) is 3.78. The number of hydrogen-bond acceptors (Lipinski definition) is 6. The maximum absolute atomic E-state index is 5.80. The first-order valence-electron chi connectivity index (χ1n) is 10.8. The number of piperidine rings is 1. The van der Waals surface area contributed by atoms with Crippen LogP contribution in [0, 0.1) is 0 Å². The van der Waals surface area contributed by atoms with Crippen molar-refractivity contribution in [3.8, 4) is 11.4 Å². The van der Waals surface area contributed by atoms with Crippen molar-refractivity contribution in [2.45, 2.75) is 50.7 Å². The van der Waals surface area contributed by atoms with Crippen LogP contribution in [0.2, 0.25) is 0 Å². The van der Waals surface area contributed by atoms with E-state index in [1.54, 1.807) is 0 Å². The molecule has 3 aliphatic rings. The molecule has 3 aliphatic heterocycles. The number of nitrogens with zero attached hydrogens (tertiary/aromatic N) is 6. The Morgan fingerprint density at radius 1 is 0.929 bits per heavy atom. The first kappa shape index (κ1) is 18.1. The molecule has 2 aromatic rings. The zero-order valence-electron chi connectivity index (χ0n) is 16.5. The monoisotopic (exact) mass is 382 g/mol. The van der Waals surface area contributed by atoms with Crippen molar-refractivity contribution in [2.75, 3.05) is 44.2 Å². The second-order valence-electron chi connectivity index (χ2n) is 8.29. The van der Waals surface area contributed by atoms with Crippen LogP contribution >= 0.6 is 0 Å². The lowest BCUT2D eigenvalue weighted by Gasteiger charge is -2.34. The molecule has 7 nitrogen and oxygen atoms in total. The first-order chi connectivity index (χ1) is 13.9. The average Bonchev–Trinajstić information content (AvgIpc) is 3.51. The molecule has 0 aliphatic carbocycles. The van der Waals surface area contributed by atoms with Gasteiger partial charge in [-0.3, -0.25) is 0 Å². The van der Waals surface area contributed by atoms with E-state index in [-0.39, 0.29) is 0 Å². The van der Waals surface area contributed by atoms with E-state index in [1.807, 2.05) is 18.6 Å². The number of ether oxygens (including phenoxy) is 1. The van der Waals surface area contributed by atoms with Crippen LogP contribution in [0.15, 0.2) is 24.8 Å². The summed E-state index contributed by atoms with van der Waals surface area (Å²) in [4.78, 5) is 18.7. The molecule has 3 saturated heterocycles. The van der Waals surface area contributed by atoms with Gasteiger partial charge in [-0.1, -0.05) is 0 Å². The molecule has 0 saturated carbocycles. The summed E-state index contributed by atoms with van der Waals surface area (Å²) in [6, 6.07) is 0.497. The van der Waals surface area contributed by atoms with Gasteiger partial charge >= 0.3 is 0 Å². The van der Waals surface area contributed by atoms with E-state index in [0.29, 0.717) is 12.1 Å². The van der Waals surface area contributed by atoms with Gasteiger partial charge in [0.15, 0.2) is 0 Å². The van der Waals surface area contributed by atoms with E-state index in [0.717, 1.165) is 69.5 Å². The van der Waals surface area contributed by atoms with Crippen molar-refractivity contribution in [3.63, 3.8) is 0 Å². The molecule has 0 N–H and O–H groups in total. The summed E-state index contributed by atoms with van der Waals surface area (Å²) in [6.45, 7) is 6.43. The third-order valence-electron chi connectivity index (χ3n) is 6.39. The molecule has 0 radical (unpaired) electrons. The maximum Gasteiger partial charge on any atom is 0.225 e. The largest absolute Gasteiger partial charge is 0.377 e. The summed E-state index contributed by atoms with van der Waals surface area (Å²) in [5.41, 5.74) is 1.01. The molecule has 150 valence electrons. The van der Waals surface area contributed by atoms with E-state index < -0.39 is 0 Å². The summed E-state index contributed by atoms with van der Waals surface area (Å²) < 4.78 is 8.13. The Morgan fingerprint density at radius 3 is 2.43 bits per heavy atom. The lowest BCUT2D eigenvalue weighted by molar-refractivity contribution is 0.0608. The topological polar surface area (TPSA) is 59.3 Å². The molecule has 0 aromatic carbocycles. The molecule has 5 rings (SSSR count). The number of anilines is 1. The van der Waals surface area contributed by atoms with Crippen LogP contribution in [0.5, 0.6) is 0 Å². The van der Waals surface area contributed by atoms with Crippen LogP contribution in [0.25, 0.3) is 11.4 Å². The van der Waals surface area contributed by atoms with Gasteiger partial charge in [0.1, 0.15) is 5.82 Å². The average molecular weight is 383 g/mol. The Balaban J connectivity index is 1.23. The minimum Gasteiger partial charge on any atom is -0.377 e. The lowest BCUT2D eigenvalue weighted by atomic mass is 10.0. The number of hydrogen-bond donors (Lipinski definition) is 0. The van der Waals surface area contributed by atoms with Gasteiger partial charge in [-0.2, -0.15) is 0 Å². The molecular weight excluding hydrogens is 352 g/mol. The van der Waals surface area contributed by atoms with Crippen LogP contribution < -0.4 is 4.90 Å². The highest BCUT2D eigenvalue weighted by molar-refractivity contribution is 5.54. The molecule has 0 spiro atoms. The van der Waals surface area contributed by atoms with Crippen molar-refractivity contribution in [1.29, 1.82) is 0 Å². The van der Waals surface area contributed by atoms with Gasteiger partial charge in [0.25, 0.3) is 0 Å². The zero-order valence-corrected chi connectivity index (χ0v) is 16.5. The van der Waals surface area contributed by atoms with Gasteiger partial charge in [-0.25, -0.2) is 15.0 Å². The van der Waals surface area contributed by atoms with E-state index in [9.17, 15) is 0 Å². The lowest BCUT2D eigenvalue weighted by Crippen LogP contribution is -2.39. The van der Waals surface area contributed by atoms with Crippen molar-refractivity contribution >= 4 is 5.95 Å². The van der Waals surface area contributed by atoms with Gasteiger partial charge in [0.05, 0.1) is 11.7 Å². The van der Waals surface area contributed by atoms with Crippen molar-refractivity contribution < 1.29 is 4.74 Å². The molecule has 1 unspecified atom stereocenters. The third-order valence-corrected chi connectivity index (χ3v) is 6.39. The van der Waals surface area contributed by atoms with Crippen molar-refractivity contribution in [1.82, 2.24) is 24.4 Å². The van der Waals surface area contributed by atoms with Gasteiger partial charge in [0.2, 0.25) is 5.95 Å². The summed E-state index contributed by atoms with van der Waals surface area (Å²) in [5.74, 6) is 1.84. The first-order valence-corrected chi connectivity index (χ1v) is 10.8. The Hall–Kier alpha value is -1.99. The minimum atomic E-state index is 0.451. The second-order valence-corrected chi connectivity index (χ2v) is 8.29. The summed E-state index contributed by atoms with van der Waals surface area (Å²) in [7, 11) is 0. The van der Waals surface area contributed by atoms with E-state index in [4.69, 9.17) is 4.74 Å². The Labute approximate surface area is 166 Å². The molecule has 7 heteroatoms. The highest BCUT2D eigenvalue weighted by atomic mass is 16.5. The molecular formula is C21H30N6O. The van der Waals surface area contributed by atoms with Crippen molar-refractivity contribution in [2.24, 2.45) is 0 Å². The molecule has 1 atom stereocenters. The highest BCUT2D eigenvalue weighted by Crippen LogP contribution is 2.29. The fourth-order valence-electron chi connectivity index (χ4n) is 4.80. The Morgan fingerprint density at radius 2 is 1.71 bits per heavy atom. The van der Waals surface area contributed by atoms with Gasteiger partial charge in [-0.15, -0.1) is 0 Å². The predicted octanol–water partition coefficient (Wildman–Crippen LogP) is 2.76. The number of aromatic nitrogens is 4. The smallest absolute Gasteiger partial charge is 0.225 e.